The van der Waals surface area contributed by atoms with Crippen LogP contribution < -0.4 is 4.74 Å². The summed E-state index contributed by atoms with van der Waals surface area (Å²) in [7, 11) is 0. The number of carbonyl (C=O) groups is 1. The van der Waals surface area contributed by atoms with E-state index in [0.29, 0.717) is 6.42 Å². The zero-order chi connectivity index (χ0) is 11.7. The second kappa shape index (κ2) is 4.06. The van der Waals surface area contributed by atoms with Crippen molar-refractivity contribution in [3.63, 3.8) is 0 Å². The Balaban J connectivity index is 1.98. The average molecular weight is 224 g/mol. The van der Waals surface area contributed by atoms with Crippen molar-refractivity contribution in [3.05, 3.63) is 59.7 Å². The van der Waals surface area contributed by atoms with Crippen LogP contribution in [0.3, 0.4) is 0 Å². The lowest BCUT2D eigenvalue weighted by atomic mass is 10.1. The summed E-state index contributed by atoms with van der Waals surface area (Å²) >= 11 is 0. The molecule has 3 rings (SSSR count). The van der Waals surface area contributed by atoms with Crippen LogP contribution in [0.5, 0.6) is 11.5 Å². The fourth-order valence-electron chi connectivity index (χ4n) is 2.17. The Kier molecular flexibility index (Phi) is 2.41. The van der Waals surface area contributed by atoms with Crippen molar-refractivity contribution in [2.45, 2.75) is 12.8 Å². The van der Waals surface area contributed by atoms with E-state index in [9.17, 15) is 4.79 Å². The molecule has 0 spiro atoms. The van der Waals surface area contributed by atoms with Crippen LogP contribution in [-0.2, 0) is 6.42 Å². The molecule has 2 heteroatoms. The largest absolute Gasteiger partial charge is 0.457 e. The van der Waals surface area contributed by atoms with Gasteiger partial charge in [0.2, 0.25) is 0 Å². The molecule has 1 aliphatic rings. The van der Waals surface area contributed by atoms with Gasteiger partial charge in [0.1, 0.15) is 11.5 Å². The fraction of sp³-hybridized carbons (Fsp3) is 0.133. The van der Waals surface area contributed by atoms with Gasteiger partial charge in [-0.3, -0.25) is 4.79 Å². The van der Waals surface area contributed by atoms with Crippen LogP contribution in [0, 0.1) is 0 Å². The molecule has 0 saturated carbocycles. The average Bonchev–Trinajstić information content (AvgIpc) is 2.74. The SMILES string of the molecule is O=C1CCc2c(Oc3ccccc3)cccc21. The maximum Gasteiger partial charge on any atom is 0.163 e. The number of hydrogen-bond acceptors (Lipinski definition) is 2. The van der Waals surface area contributed by atoms with Crippen LogP contribution >= 0.6 is 0 Å². The smallest absolute Gasteiger partial charge is 0.163 e. The van der Waals surface area contributed by atoms with Crippen LogP contribution in [0.2, 0.25) is 0 Å². The second-order valence-corrected chi connectivity index (χ2v) is 4.12. The molecule has 2 nitrogen and oxygen atoms in total. The number of ether oxygens (including phenoxy) is 1. The Morgan fingerprint density at radius 2 is 1.71 bits per heavy atom. The molecule has 17 heavy (non-hydrogen) atoms. The van der Waals surface area contributed by atoms with Crippen LogP contribution in [-0.4, -0.2) is 5.78 Å². The fourth-order valence-corrected chi connectivity index (χ4v) is 2.17. The third-order valence-corrected chi connectivity index (χ3v) is 3.01. The van der Waals surface area contributed by atoms with E-state index in [1.165, 1.54) is 0 Å². The molecule has 0 fully saturated rings. The van der Waals surface area contributed by atoms with Gasteiger partial charge >= 0.3 is 0 Å². The van der Waals surface area contributed by atoms with E-state index in [1.807, 2.05) is 48.5 Å². The second-order valence-electron chi connectivity index (χ2n) is 4.12. The van der Waals surface area contributed by atoms with Crippen molar-refractivity contribution in [2.24, 2.45) is 0 Å². The summed E-state index contributed by atoms with van der Waals surface area (Å²) in [6.45, 7) is 0. The summed E-state index contributed by atoms with van der Waals surface area (Å²) in [4.78, 5) is 11.6. The van der Waals surface area contributed by atoms with E-state index in [1.54, 1.807) is 0 Å². The summed E-state index contributed by atoms with van der Waals surface area (Å²) in [6, 6.07) is 15.3. The summed E-state index contributed by atoms with van der Waals surface area (Å²) in [6.07, 6.45) is 1.39. The van der Waals surface area contributed by atoms with E-state index in [4.69, 9.17) is 4.74 Å². The van der Waals surface area contributed by atoms with Gasteiger partial charge in [0.05, 0.1) is 0 Å². The molecular weight excluding hydrogens is 212 g/mol. The first-order valence-corrected chi connectivity index (χ1v) is 5.72. The molecular formula is C15H12O2. The van der Waals surface area contributed by atoms with Gasteiger partial charge in [-0.05, 0) is 24.6 Å². The molecule has 0 aromatic heterocycles. The minimum Gasteiger partial charge on any atom is -0.457 e. The van der Waals surface area contributed by atoms with E-state index < -0.39 is 0 Å². The molecule has 84 valence electrons. The minimum atomic E-state index is 0.221. The van der Waals surface area contributed by atoms with Crippen molar-refractivity contribution in [1.29, 1.82) is 0 Å². The molecule has 0 aliphatic heterocycles. The topological polar surface area (TPSA) is 26.3 Å². The number of para-hydroxylation sites is 1. The van der Waals surface area contributed by atoms with Crippen molar-refractivity contribution in [3.8, 4) is 11.5 Å². The van der Waals surface area contributed by atoms with Gasteiger partial charge in [0.15, 0.2) is 5.78 Å². The molecule has 0 saturated heterocycles. The molecule has 0 N–H and O–H groups in total. The maximum atomic E-state index is 11.6. The van der Waals surface area contributed by atoms with Crippen LogP contribution in [0.15, 0.2) is 48.5 Å². The lowest BCUT2D eigenvalue weighted by molar-refractivity contribution is 0.0994. The van der Waals surface area contributed by atoms with Gasteiger partial charge in [0, 0.05) is 17.5 Å². The highest BCUT2D eigenvalue weighted by Gasteiger charge is 2.22. The van der Waals surface area contributed by atoms with Crippen LogP contribution in [0.4, 0.5) is 0 Å². The van der Waals surface area contributed by atoms with Gasteiger partial charge in [-0.25, -0.2) is 0 Å². The minimum absolute atomic E-state index is 0.221. The number of hydrogen-bond donors (Lipinski definition) is 0. The maximum absolute atomic E-state index is 11.6. The first-order valence-electron chi connectivity index (χ1n) is 5.72. The number of ketones is 1. The van der Waals surface area contributed by atoms with E-state index in [2.05, 4.69) is 0 Å². The molecule has 0 bridgehead atoms. The first kappa shape index (κ1) is 10.1. The molecule has 0 amide bonds. The standard InChI is InChI=1S/C15H12O2/c16-14-10-9-13-12(14)7-4-8-15(13)17-11-5-2-1-3-6-11/h1-8H,9-10H2. The van der Waals surface area contributed by atoms with Crippen molar-refractivity contribution >= 4 is 5.78 Å². The zero-order valence-electron chi connectivity index (χ0n) is 9.35. The number of Topliss-reactive ketones (excluding diaryl/α,β-unsaturated/α-hetero) is 1. The van der Waals surface area contributed by atoms with Crippen molar-refractivity contribution < 1.29 is 9.53 Å². The van der Waals surface area contributed by atoms with Crippen molar-refractivity contribution in [1.82, 2.24) is 0 Å². The lowest BCUT2D eigenvalue weighted by Crippen LogP contribution is -1.93. The Bertz CT molecular complexity index is 558. The Labute approximate surface area is 99.9 Å². The Hall–Kier alpha value is -2.09. The predicted octanol–water partition coefficient (Wildman–Crippen LogP) is 3.61. The van der Waals surface area contributed by atoms with E-state index in [0.717, 1.165) is 29.0 Å². The normalized spacial score (nSPS) is 13.5. The molecule has 2 aromatic carbocycles. The number of fused-ring (bicyclic) bond motifs is 1. The summed E-state index contributed by atoms with van der Waals surface area (Å²) in [5.74, 6) is 1.83. The highest BCUT2D eigenvalue weighted by molar-refractivity contribution is 6.01. The van der Waals surface area contributed by atoms with Gasteiger partial charge < -0.3 is 4.74 Å². The molecule has 0 heterocycles. The van der Waals surface area contributed by atoms with Gasteiger partial charge in [-0.1, -0.05) is 30.3 Å². The third kappa shape index (κ3) is 1.82. The monoisotopic (exact) mass is 224 g/mol. The Morgan fingerprint density at radius 3 is 2.53 bits per heavy atom. The number of benzene rings is 2. The molecule has 0 radical (unpaired) electrons. The predicted molar refractivity (Wildman–Crippen MR) is 65.6 cm³/mol. The summed E-state index contributed by atoms with van der Waals surface area (Å²) < 4.78 is 5.82. The first-order chi connectivity index (χ1) is 8.34. The molecule has 1 aliphatic carbocycles. The highest BCUT2D eigenvalue weighted by atomic mass is 16.5. The zero-order valence-corrected chi connectivity index (χ0v) is 9.35. The van der Waals surface area contributed by atoms with E-state index in [-0.39, 0.29) is 5.78 Å². The van der Waals surface area contributed by atoms with Crippen molar-refractivity contribution in [2.75, 3.05) is 0 Å². The molecule has 0 unspecified atom stereocenters. The van der Waals surface area contributed by atoms with E-state index >= 15 is 0 Å². The van der Waals surface area contributed by atoms with Gasteiger partial charge in [-0.15, -0.1) is 0 Å². The summed E-state index contributed by atoms with van der Waals surface area (Å²) in [5, 5.41) is 0. The molecule has 2 aromatic rings. The van der Waals surface area contributed by atoms with Crippen LogP contribution in [0.25, 0.3) is 0 Å². The van der Waals surface area contributed by atoms with Crippen LogP contribution in [0.1, 0.15) is 22.3 Å². The summed E-state index contributed by atoms with van der Waals surface area (Å²) in [5.41, 5.74) is 1.86. The third-order valence-electron chi connectivity index (χ3n) is 3.01. The lowest BCUT2D eigenvalue weighted by Gasteiger charge is -2.09. The Morgan fingerprint density at radius 1 is 0.882 bits per heavy atom. The quantitative estimate of drug-likeness (QED) is 0.779. The number of carbonyl (C=O) groups excluding carboxylic acids is 1. The number of rotatable bonds is 2. The van der Waals surface area contributed by atoms with Gasteiger partial charge in [0.25, 0.3) is 0 Å². The highest BCUT2D eigenvalue weighted by Crippen LogP contribution is 2.33. The molecule has 0 atom stereocenters. The van der Waals surface area contributed by atoms with Gasteiger partial charge in [-0.2, -0.15) is 0 Å².